The third-order valence-corrected chi connectivity index (χ3v) is 3.89. The fourth-order valence-corrected chi connectivity index (χ4v) is 2.68. The second kappa shape index (κ2) is 6.94. The minimum atomic E-state index is -0.713. The van der Waals surface area contributed by atoms with E-state index in [4.69, 9.17) is 0 Å². The molecule has 0 bridgehead atoms. The molecule has 2 N–H and O–H groups in total. The van der Waals surface area contributed by atoms with Gasteiger partial charge in [0.15, 0.2) is 0 Å². The topological polar surface area (TPSA) is 49.3 Å². The van der Waals surface area contributed by atoms with E-state index in [0.29, 0.717) is 17.9 Å². The van der Waals surface area contributed by atoms with Gasteiger partial charge in [-0.15, -0.1) is 12.4 Å². The zero-order chi connectivity index (χ0) is 14.0. The Morgan fingerprint density at radius 3 is 2.16 bits per heavy atom. The maximum absolute atomic E-state index is 11.3. The van der Waals surface area contributed by atoms with E-state index in [0.717, 1.165) is 12.8 Å². The molecule has 1 aliphatic rings. The van der Waals surface area contributed by atoms with Crippen molar-refractivity contribution >= 4 is 18.4 Å². The summed E-state index contributed by atoms with van der Waals surface area (Å²) in [4.78, 5) is 11.3. The quantitative estimate of drug-likeness (QED) is 0.827. The van der Waals surface area contributed by atoms with Crippen molar-refractivity contribution in [3.8, 4) is 0 Å². The Balaban J connectivity index is 0.00000324. The Morgan fingerprint density at radius 1 is 1.32 bits per heavy atom. The van der Waals surface area contributed by atoms with E-state index in [1.165, 1.54) is 12.8 Å². The van der Waals surface area contributed by atoms with Gasteiger partial charge in [-0.25, -0.2) is 0 Å². The molecule has 0 aromatic carbocycles. The predicted molar refractivity (Wildman–Crippen MR) is 81.9 cm³/mol. The molecular formula is C15H30ClNO2. The summed E-state index contributed by atoms with van der Waals surface area (Å²) in [6, 6.07) is -0.0299. The van der Waals surface area contributed by atoms with Crippen LogP contribution < -0.4 is 5.32 Å². The highest BCUT2D eigenvalue weighted by Gasteiger charge is 2.31. The van der Waals surface area contributed by atoms with Crippen molar-refractivity contribution in [2.75, 3.05) is 0 Å². The molecule has 0 amide bonds. The molecule has 0 saturated heterocycles. The van der Waals surface area contributed by atoms with Crippen LogP contribution in [0, 0.1) is 10.8 Å². The van der Waals surface area contributed by atoms with Crippen LogP contribution in [-0.4, -0.2) is 23.2 Å². The van der Waals surface area contributed by atoms with Gasteiger partial charge in [-0.05, 0) is 42.9 Å². The molecule has 3 nitrogen and oxygen atoms in total. The Bertz CT molecular complexity index is 287. The molecule has 0 aromatic heterocycles. The van der Waals surface area contributed by atoms with Gasteiger partial charge in [0.05, 0.1) is 0 Å². The number of halogens is 1. The van der Waals surface area contributed by atoms with E-state index in [1.807, 2.05) is 0 Å². The van der Waals surface area contributed by atoms with Crippen LogP contribution in [0.4, 0.5) is 0 Å². The normalized spacial score (nSPS) is 21.5. The van der Waals surface area contributed by atoms with Gasteiger partial charge in [-0.2, -0.15) is 0 Å². The standard InChI is InChI=1S/C15H29NO2.ClH/c1-14(2,3)10-12(13(17)18)16-11-6-8-15(4,5)9-7-11;/h11-12,16H,6-10H2,1-5H3,(H,17,18);1H/t12-;/m0./s1. The van der Waals surface area contributed by atoms with Crippen molar-refractivity contribution in [2.24, 2.45) is 10.8 Å². The molecule has 1 saturated carbocycles. The molecule has 19 heavy (non-hydrogen) atoms. The van der Waals surface area contributed by atoms with Crippen LogP contribution in [0.2, 0.25) is 0 Å². The molecule has 114 valence electrons. The zero-order valence-corrected chi connectivity index (χ0v) is 13.8. The van der Waals surface area contributed by atoms with Gasteiger partial charge in [-0.3, -0.25) is 4.79 Å². The predicted octanol–water partition coefficient (Wildman–Crippen LogP) is 3.86. The SMILES string of the molecule is CC(C)(C)C[C@H](NC1CCC(C)(C)CC1)C(=O)O.Cl. The van der Waals surface area contributed by atoms with Gasteiger partial charge >= 0.3 is 5.97 Å². The third kappa shape index (κ3) is 7.17. The van der Waals surface area contributed by atoms with Gasteiger partial charge in [0, 0.05) is 6.04 Å². The van der Waals surface area contributed by atoms with Crippen molar-refractivity contribution in [2.45, 2.75) is 78.8 Å². The van der Waals surface area contributed by atoms with E-state index in [9.17, 15) is 9.90 Å². The first-order valence-electron chi connectivity index (χ1n) is 7.08. The molecular weight excluding hydrogens is 262 g/mol. The smallest absolute Gasteiger partial charge is 0.320 e. The van der Waals surface area contributed by atoms with Gasteiger partial charge < -0.3 is 10.4 Å². The highest BCUT2D eigenvalue weighted by Crippen LogP contribution is 2.35. The maximum Gasteiger partial charge on any atom is 0.320 e. The summed E-state index contributed by atoms with van der Waals surface area (Å²) in [6.45, 7) is 10.9. The minimum absolute atomic E-state index is 0. The number of carboxylic acid groups (broad SMARTS) is 1. The number of rotatable bonds is 4. The molecule has 1 fully saturated rings. The van der Waals surface area contributed by atoms with E-state index in [-0.39, 0.29) is 17.8 Å². The second-order valence-electron chi connectivity index (χ2n) is 7.76. The van der Waals surface area contributed by atoms with Crippen molar-refractivity contribution in [1.29, 1.82) is 0 Å². The first kappa shape index (κ1) is 18.7. The largest absolute Gasteiger partial charge is 0.480 e. The van der Waals surface area contributed by atoms with Gasteiger partial charge in [0.1, 0.15) is 6.04 Å². The Kier molecular flexibility index (Phi) is 6.84. The number of carbonyl (C=O) groups is 1. The summed E-state index contributed by atoms with van der Waals surface area (Å²) in [5.41, 5.74) is 0.477. The summed E-state index contributed by atoms with van der Waals surface area (Å²) in [6.07, 6.45) is 5.25. The zero-order valence-electron chi connectivity index (χ0n) is 13.0. The van der Waals surface area contributed by atoms with Crippen LogP contribution in [0.15, 0.2) is 0 Å². The third-order valence-electron chi connectivity index (χ3n) is 3.89. The monoisotopic (exact) mass is 291 g/mol. The van der Waals surface area contributed by atoms with Gasteiger partial charge in [0.2, 0.25) is 0 Å². The average molecular weight is 292 g/mol. The van der Waals surface area contributed by atoms with Crippen molar-refractivity contribution in [3.63, 3.8) is 0 Å². The summed E-state index contributed by atoms with van der Waals surface area (Å²) >= 11 is 0. The lowest BCUT2D eigenvalue weighted by Gasteiger charge is -2.36. The maximum atomic E-state index is 11.3. The molecule has 1 atom stereocenters. The first-order valence-corrected chi connectivity index (χ1v) is 7.08. The Morgan fingerprint density at radius 2 is 1.79 bits per heavy atom. The van der Waals surface area contributed by atoms with E-state index < -0.39 is 12.0 Å². The molecule has 1 aliphatic carbocycles. The molecule has 0 heterocycles. The number of carboxylic acids is 1. The molecule has 0 spiro atoms. The van der Waals surface area contributed by atoms with Gasteiger partial charge in [-0.1, -0.05) is 34.6 Å². The summed E-state index contributed by atoms with van der Waals surface area (Å²) in [5, 5.41) is 12.7. The van der Waals surface area contributed by atoms with Gasteiger partial charge in [0.25, 0.3) is 0 Å². The van der Waals surface area contributed by atoms with Crippen LogP contribution in [0.3, 0.4) is 0 Å². The fourth-order valence-electron chi connectivity index (χ4n) is 2.68. The van der Waals surface area contributed by atoms with E-state index in [1.54, 1.807) is 0 Å². The summed E-state index contributed by atoms with van der Waals surface area (Å²) in [5.74, 6) is -0.713. The summed E-state index contributed by atoms with van der Waals surface area (Å²) < 4.78 is 0. The second-order valence-corrected chi connectivity index (χ2v) is 7.76. The molecule has 1 rings (SSSR count). The van der Waals surface area contributed by atoms with E-state index >= 15 is 0 Å². The lowest BCUT2D eigenvalue weighted by Crippen LogP contribution is -2.47. The highest BCUT2D eigenvalue weighted by atomic mass is 35.5. The Labute approximate surface area is 124 Å². The lowest BCUT2D eigenvalue weighted by atomic mass is 9.75. The molecule has 0 aromatic rings. The number of hydrogen-bond acceptors (Lipinski definition) is 2. The van der Waals surface area contributed by atoms with E-state index in [2.05, 4.69) is 39.9 Å². The van der Waals surface area contributed by atoms with Crippen LogP contribution in [-0.2, 0) is 4.79 Å². The molecule has 0 aliphatic heterocycles. The number of aliphatic carboxylic acids is 1. The lowest BCUT2D eigenvalue weighted by molar-refractivity contribution is -0.140. The van der Waals surface area contributed by atoms with Crippen LogP contribution in [0.1, 0.15) is 66.7 Å². The first-order chi connectivity index (χ1) is 8.09. The average Bonchev–Trinajstić information content (AvgIpc) is 2.18. The van der Waals surface area contributed by atoms with Crippen LogP contribution in [0.25, 0.3) is 0 Å². The number of hydrogen-bond donors (Lipinski definition) is 2. The van der Waals surface area contributed by atoms with Crippen LogP contribution in [0.5, 0.6) is 0 Å². The molecule has 0 radical (unpaired) electrons. The highest BCUT2D eigenvalue weighted by molar-refractivity contribution is 5.85. The molecule has 0 unspecified atom stereocenters. The van der Waals surface area contributed by atoms with Crippen molar-refractivity contribution < 1.29 is 9.90 Å². The fraction of sp³-hybridized carbons (Fsp3) is 0.933. The summed E-state index contributed by atoms with van der Waals surface area (Å²) in [7, 11) is 0. The van der Waals surface area contributed by atoms with Crippen molar-refractivity contribution in [3.05, 3.63) is 0 Å². The van der Waals surface area contributed by atoms with Crippen molar-refractivity contribution in [1.82, 2.24) is 5.32 Å². The van der Waals surface area contributed by atoms with Crippen LogP contribution >= 0.6 is 12.4 Å². The number of nitrogens with one attached hydrogen (secondary N) is 1. The molecule has 4 heteroatoms. The Hall–Kier alpha value is -0.280. The minimum Gasteiger partial charge on any atom is -0.480 e.